The van der Waals surface area contributed by atoms with Crippen molar-refractivity contribution in [2.24, 2.45) is 0 Å². The van der Waals surface area contributed by atoms with Crippen LogP contribution < -0.4 is 10.1 Å². The van der Waals surface area contributed by atoms with Gasteiger partial charge in [0.15, 0.2) is 5.15 Å². The second-order valence-corrected chi connectivity index (χ2v) is 7.75. The van der Waals surface area contributed by atoms with Crippen molar-refractivity contribution in [2.45, 2.75) is 12.2 Å². The Balaban J connectivity index is 0.000000364. The quantitative estimate of drug-likeness (QED) is 0.400. The number of rotatable bonds is 4. The summed E-state index contributed by atoms with van der Waals surface area (Å²) in [5, 5.41) is 19.6. The first-order chi connectivity index (χ1) is 16.6. The van der Waals surface area contributed by atoms with E-state index in [0.717, 1.165) is 18.7 Å². The van der Waals surface area contributed by atoms with Gasteiger partial charge in [-0.05, 0) is 18.2 Å². The zero-order valence-corrected chi connectivity index (χ0v) is 18.7. The lowest BCUT2D eigenvalue weighted by Gasteiger charge is -2.27. The second kappa shape index (κ2) is 9.50. The van der Waals surface area contributed by atoms with Crippen LogP contribution in [0.4, 0.5) is 17.6 Å². The van der Waals surface area contributed by atoms with Gasteiger partial charge in [-0.25, -0.2) is 18.7 Å². The highest BCUT2D eigenvalue weighted by atomic mass is 35.5. The van der Waals surface area contributed by atoms with Crippen LogP contribution in [0.2, 0.25) is 5.15 Å². The van der Waals surface area contributed by atoms with Crippen molar-refractivity contribution < 1.29 is 32.2 Å². The van der Waals surface area contributed by atoms with E-state index in [1.165, 1.54) is 19.2 Å². The number of alkyl halides is 3. The number of carboxylic acid groups (broad SMARTS) is 1. The average Bonchev–Trinajstić information content (AvgIpc) is 3.43. The van der Waals surface area contributed by atoms with Gasteiger partial charge in [0.25, 0.3) is 0 Å². The van der Waals surface area contributed by atoms with E-state index >= 15 is 0 Å². The minimum atomic E-state index is -5.08. The van der Waals surface area contributed by atoms with Crippen molar-refractivity contribution in [2.75, 3.05) is 20.2 Å². The summed E-state index contributed by atoms with van der Waals surface area (Å²) in [6.07, 6.45) is 0.264. The van der Waals surface area contributed by atoms with Crippen molar-refractivity contribution in [1.82, 2.24) is 29.7 Å². The highest BCUT2D eigenvalue weighted by molar-refractivity contribution is 6.32. The average molecular weight is 513 g/mol. The summed E-state index contributed by atoms with van der Waals surface area (Å²) in [5.74, 6) is -2.75. The third-order valence-electron chi connectivity index (χ3n) is 5.17. The zero-order chi connectivity index (χ0) is 25.3. The van der Waals surface area contributed by atoms with Crippen LogP contribution in [-0.4, -0.2) is 61.8 Å². The molecule has 14 heteroatoms. The van der Waals surface area contributed by atoms with E-state index in [2.05, 4.69) is 20.5 Å². The number of nitrogens with one attached hydrogen (secondary N) is 1. The maximum Gasteiger partial charge on any atom is 0.490 e. The van der Waals surface area contributed by atoms with Gasteiger partial charge in [0.1, 0.15) is 28.5 Å². The van der Waals surface area contributed by atoms with Gasteiger partial charge in [0.05, 0.1) is 25.5 Å². The fourth-order valence-corrected chi connectivity index (χ4v) is 3.60. The predicted octanol–water partition coefficient (Wildman–Crippen LogP) is 3.84. The Labute approximate surface area is 199 Å². The molecule has 35 heavy (non-hydrogen) atoms. The molecule has 0 aliphatic carbocycles. The van der Waals surface area contributed by atoms with E-state index in [0.29, 0.717) is 39.4 Å². The number of carbonyl (C=O) groups is 1. The number of aromatic nitrogens is 5. The lowest BCUT2D eigenvalue weighted by molar-refractivity contribution is -0.192. The standard InChI is InChI=1S/C19H16ClFN6O.C2HF3O2/c1-28-16-6-12(21)2-3-14(16)18-17(25-19(20)15-4-5-23-27(15)18)11-7-24-26(10-11)13-8-22-9-13;3-2(4,5)1(6)7/h2-7,10,13,22H,8-9H2,1H3;(H,6,7). The molecule has 2 N–H and O–H groups in total. The number of carboxylic acids is 1. The van der Waals surface area contributed by atoms with E-state index in [-0.39, 0.29) is 5.82 Å². The van der Waals surface area contributed by atoms with Gasteiger partial charge in [0, 0.05) is 36.5 Å². The third-order valence-corrected chi connectivity index (χ3v) is 5.45. The van der Waals surface area contributed by atoms with Crippen molar-refractivity contribution >= 4 is 23.1 Å². The summed E-state index contributed by atoms with van der Waals surface area (Å²) in [5.41, 5.74) is 3.38. The molecule has 0 amide bonds. The molecule has 0 bridgehead atoms. The van der Waals surface area contributed by atoms with Crippen molar-refractivity contribution in [3.8, 4) is 28.3 Å². The van der Waals surface area contributed by atoms with Crippen LogP contribution in [0, 0.1) is 5.82 Å². The number of benzene rings is 1. The van der Waals surface area contributed by atoms with E-state index in [9.17, 15) is 17.6 Å². The molecule has 0 unspecified atom stereocenters. The number of hydrogen-bond acceptors (Lipinski definition) is 6. The highest BCUT2D eigenvalue weighted by Gasteiger charge is 2.38. The first kappa shape index (κ1) is 24.4. The molecule has 5 rings (SSSR count). The molecule has 0 atom stereocenters. The Bertz CT molecular complexity index is 1380. The van der Waals surface area contributed by atoms with Crippen molar-refractivity contribution in [1.29, 1.82) is 0 Å². The van der Waals surface area contributed by atoms with Gasteiger partial charge in [-0.2, -0.15) is 23.4 Å². The molecule has 9 nitrogen and oxygen atoms in total. The van der Waals surface area contributed by atoms with Crippen molar-refractivity contribution in [3.05, 3.63) is 53.8 Å². The summed E-state index contributed by atoms with van der Waals surface area (Å²) in [6, 6.07) is 6.48. The Morgan fingerprint density at radius 3 is 2.57 bits per heavy atom. The van der Waals surface area contributed by atoms with Gasteiger partial charge in [0.2, 0.25) is 0 Å². The molecule has 0 saturated carbocycles. The maximum atomic E-state index is 13.8. The molecule has 4 aromatic rings. The van der Waals surface area contributed by atoms with Crippen LogP contribution in [-0.2, 0) is 4.79 Å². The topological polar surface area (TPSA) is 107 Å². The van der Waals surface area contributed by atoms with E-state index in [4.69, 9.17) is 26.2 Å². The van der Waals surface area contributed by atoms with Crippen LogP contribution in [0.15, 0.2) is 42.9 Å². The largest absolute Gasteiger partial charge is 0.496 e. The van der Waals surface area contributed by atoms with Crippen LogP contribution >= 0.6 is 11.6 Å². The number of methoxy groups -OCH3 is 1. The number of nitrogens with zero attached hydrogens (tertiary/aromatic N) is 5. The van der Waals surface area contributed by atoms with Gasteiger partial charge >= 0.3 is 12.1 Å². The molecule has 4 heterocycles. The Kier molecular flexibility index (Phi) is 6.63. The number of aliphatic carboxylic acids is 1. The molecule has 0 spiro atoms. The Morgan fingerprint density at radius 1 is 1.26 bits per heavy atom. The van der Waals surface area contributed by atoms with Crippen LogP contribution in [0.1, 0.15) is 6.04 Å². The Morgan fingerprint density at radius 2 is 1.97 bits per heavy atom. The summed E-state index contributed by atoms with van der Waals surface area (Å²) < 4.78 is 54.5. The zero-order valence-electron chi connectivity index (χ0n) is 17.9. The summed E-state index contributed by atoms with van der Waals surface area (Å²) in [4.78, 5) is 13.5. The molecule has 184 valence electrons. The molecular formula is C21H17ClF4N6O3. The molecular weight excluding hydrogens is 496 g/mol. The summed E-state index contributed by atoms with van der Waals surface area (Å²) in [7, 11) is 1.50. The van der Waals surface area contributed by atoms with E-state index in [1.54, 1.807) is 29.0 Å². The number of hydrogen-bond donors (Lipinski definition) is 2. The normalized spacial score (nSPS) is 13.8. The molecule has 1 aliphatic rings. The first-order valence-corrected chi connectivity index (χ1v) is 10.4. The Hall–Kier alpha value is -3.71. The molecule has 1 fully saturated rings. The minimum absolute atomic E-state index is 0.321. The molecule has 1 aliphatic heterocycles. The van der Waals surface area contributed by atoms with Crippen molar-refractivity contribution in [3.63, 3.8) is 0 Å². The predicted molar refractivity (Wildman–Crippen MR) is 117 cm³/mol. The smallest absolute Gasteiger partial charge is 0.490 e. The fraction of sp³-hybridized carbons (Fsp3) is 0.238. The monoisotopic (exact) mass is 512 g/mol. The van der Waals surface area contributed by atoms with E-state index < -0.39 is 12.1 Å². The highest BCUT2D eigenvalue weighted by Crippen LogP contribution is 2.38. The van der Waals surface area contributed by atoms with Gasteiger partial charge in [-0.15, -0.1) is 0 Å². The molecule has 0 radical (unpaired) electrons. The lowest BCUT2D eigenvalue weighted by atomic mass is 10.0. The fourth-order valence-electron chi connectivity index (χ4n) is 3.37. The molecule has 3 aromatic heterocycles. The maximum absolute atomic E-state index is 13.8. The summed E-state index contributed by atoms with van der Waals surface area (Å²) >= 11 is 6.42. The van der Waals surface area contributed by atoms with Crippen LogP contribution in [0.5, 0.6) is 5.75 Å². The molecule has 1 aromatic carbocycles. The lowest BCUT2D eigenvalue weighted by Crippen LogP contribution is -2.43. The number of ether oxygens (including phenoxy) is 1. The second-order valence-electron chi connectivity index (χ2n) is 7.40. The number of halogens is 5. The van der Waals surface area contributed by atoms with Gasteiger partial charge in [-0.3, -0.25) is 4.68 Å². The van der Waals surface area contributed by atoms with Gasteiger partial charge in [-0.1, -0.05) is 11.6 Å². The molecule has 1 saturated heterocycles. The van der Waals surface area contributed by atoms with E-state index in [1.807, 2.05) is 10.9 Å². The van der Waals surface area contributed by atoms with Crippen LogP contribution in [0.3, 0.4) is 0 Å². The third kappa shape index (κ3) is 4.91. The summed E-state index contributed by atoms with van der Waals surface area (Å²) in [6.45, 7) is 1.76. The number of fused-ring (bicyclic) bond motifs is 1. The van der Waals surface area contributed by atoms with Crippen LogP contribution in [0.25, 0.3) is 28.0 Å². The minimum Gasteiger partial charge on any atom is -0.496 e. The SMILES string of the molecule is COc1cc(F)ccc1-c1c(-c2cnn(C3CNC3)c2)nc(Cl)c2ccnn12.O=C(O)C(F)(F)F. The first-order valence-electron chi connectivity index (χ1n) is 10.0. The van der Waals surface area contributed by atoms with Gasteiger partial charge < -0.3 is 15.2 Å².